The fourth-order valence-corrected chi connectivity index (χ4v) is 2.16. The van der Waals surface area contributed by atoms with Crippen LogP contribution >= 0.6 is 0 Å². The fraction of sp³-hybridized carbons (Fsp3) is 0.200. The molecule has 0 fully saturated rings. The number of hydrazine groups is 1. The summed E-state index contributed by atoms with van der Waals surface area (Å²) in [5, 5.41) is 0. The van der Waals surface area contributed by atoms with Crippen LogP contribution in [0.3, 0.4) is 0 Å². The first-order valence-corrected chi connectivity index (χ1v) is 6.12. The van der Waals surface area contributed by atoms with Gasteiger partial charge in [0.25, 0.3) is 0 Å². The van der Waals surface area contributed by atoms with Crippen LogP contribution in [0.15, 0.2) is 36.4 Å². The molecule has 1 atom stereocenters. The fourth-order valence-electron chi connectivity index (χ4n) is 2.16. The Kier molecular flexibility index (Phi) is 4.32. The van der Waals surface area contributed by atoms with E-state index < -0.39 is 17.7 Å². The Morgan fingerprint density at radius 1 is 1.05 bits per heavy atom. The molecule has 0 aliphatic heterocycles. The summed E-state index contributed by atoms with van der Waals surface area (Å²) >= 11 is 0. The zero-order valence-corrected chi connectivity index (χ0v) is 11.3. The number of aryl methyl sites for hydroxylation is 1. The number of rotatable bonds is 4. The summed E-state index contributed by atoms with van der Waals surface area (Å²) in [6.07, 6.45) is 0. The van der Waals surface area contributed by atoms with Gasteiger partial charge < -0.3 is 4.74 Å². The van der Waals surface area contributed by atoms with Crippen molar-refractivity contribution in [3.8, 4) is 5.75 Å². The zero-order valence-electron chi connectivity index (χ0n) is 11.3. The average Bonchev–Trinajstić information content (AvgIpc) is 2.44. The average molecular weight is 278 g/mol. The van der Waals surface area contributed by atoms with Gasteiger partial charge in [0.15, 0.2) is 11.6 Å². The SMILES string of the molecule is COc1ccc(C(NN)c2ccc(F)c(F)c2)cc1C. The van der Waals surface area contributed by atoms with Gasteiger partial charge in [-0.1, -0.05) is 18.2 Å². The number of methoxy groups -OCH3 is 1. The molecule has 0 aliphatic carbocycles. The molecule has 0 aliphatic rings. The lowest BCUT2D eigenvalue weighted by Crippen LogP contribution is -2.29. The molecule has 0 amide bonds. The third-order valence-electron chi connectivity index (χ3n) is 3.20. The Morgan fingerprint density at radius 2 is 1.70 bits per heavy atom. The first-order valence-electron chi connectivity index (χ1n) is 6.12. The van der Waals surface area contributed by atoms with Crippen LogP contribution in [0.1, 0.15) is 22.7 Å². The van der Waals surface area contributed by atoms with Crippen molar-refractivity contribution in [2.45, 2.75) is 13.0 Å². The van der Waals surface area contributed by atoms with Crippen LogP contribution < -0.4 is 16.0 Å². The van der Waals surface area contributed by atoms with Gasteiger partial charge in [0, 0.05) is 0 Å². The number of ether oxygens (including phenoxy) is 1. The molecule has 3 nitrogen and oxygen atoms in total. The van der Waals surface area contributed by atoms with Gasteiger partial charge >= 0.3 is 0 Å². The molecule has 1 unspecified atom stereocenters. The van der Waals surface area contributed by atoms with Crippen LogP contribution in [-0.2, 0) is 0 Å². The van der Waals surface area contributed by atoms with Gasteiger partial charge in [-0.15, -0.1) is 0 Å². The summed E-state index contributed by atoms with van der Waals surface area (Å²) < 4.78 is 31.5. The van der Waals surface area contributed by atoms with Crippen molar-refractivity contribution in [3.05, 3.63) is 64.7 Å². The van der Waals surface area contributed by atoms with Crippen molar-refractivity contribution in [1.82, 2.24) is 5.43 Å². The van der Waals surface area contributed by atoms with E-state index in [4.69, 9.17) is 10.6 Å². The third kappa shape index (κ3) is 2.79. The molecule has 3 N–H and O–H groups in total. The summed E-state index contributed by atoms with van der Waals surface area (Å²) in [7, 11) is 1.59. The Morgan fingerprint density at radius 3 is 2.25 bits per heavy atom. The lowest BCUT2D eigenvalue weighted by atomic mass is 9.97. The summed E-state index contributed by atoms with van der Waals surface area (Å²) in [5.74, 6) is 4.53. The standard InChI is InChI=1S/C15H16F2N2O/c1-9-7-10(4-6-14(9)20-2)15(19-18)11-3-5-12(16)13(17)8-11/h3-8,15,19H,18H2,1-2H3. The molecule has 0 bridgehead atoms. The molecular formula is C15H16F2N2O. The molecule has 0 radical (unpaired) electrons. The molecule has 0 heterocycles. The van der Waals surface area contributed by atoms with Gasteiger partial charge in [0.05, 0.1) is 13.2 Å². The molecule has 0 aromatic heterocycles. The first-order chi connectivity index (χ1) is 9.56. The van der Waals surface area contributed by atoms with Gasteiger partial charge in [0.1, 0.15) is 5.75 Å². The van der Waals surface area contributed by atoms with E-state index in [2.05, 4.69) is 5.43 Å². The quantitative estimate of drug-likeness (QED) is 0.668. The maximum Gasteiger partial charge on any atom is 0.159 e. The Bertz CT molecular complexity index is 617. The normalized spacial score (nSPS) is 12.2. The van der Waals surface area contributed by atoms with Crippen LogP contribution in [0.4, 0.5) is 8.78 Å². The van der Waals surface area contributed by atoms with Crippen molar-refractivity contribution in [3.63, 3.8) is 0 Å². The van der Waals surface area contributed by atoms with Crippen molar-refractivity contribution in [2.24, 2.45) is 5.84 Å². The topological polar surface area (TPSA) is 47.3 Å². The number of benzene rings is 2. The van der Waals surface area contributed by atoms with Gasteiger partial charge in [-0.05, 0) is 41.8 Å². The number of hydrogen-bond acceptors (Lipinski definition) is 3. The van der Waals surface area contributed by atoms with E-state index in [-0.39, 0.29) is 0 Å². The molecule has 106 valence electrons. The van der Waals surface area contributed by atoms with Gasteiger partial charge in [-0.3, -0.25) is 5.84 Å². The van der Waals surface area contributed by atoms with Gasteiger partial charge in [0.2, 0.25) is 0 Å². The number of halogens is 2. The largest absolute Gasteiger partial charge is 0.496 e. The van der Waals surface area contributed by atoms with E-state index in [0.29, 0.717) is 5.56 Å². The summed E-state index contributed by atoms with van der Waals surface area (Å²) in [6, 6.07) is 8.85. The second-order valence-electron chi connectivity index (χ2n) is 4.50. The molecule has 2 rings (SSSR count). The minimum atomic E-state index is -0.895. The Balaban J connectivity index is 2.41. The molecule has 20 heavy (non-hydrogen) atoms. The zero-order chi connectivity index (χ0) is 14.7. The summed E-state index contributed by atoms with van der Waals surface area (Å²) in [6.45, 7) is 1.90. The van der Waals surface area contributed by atoms with Crippen LogP contribution in [0.5, 0.6) is 5.75 Å². The van der Waals surface area contributed by atoms with Crippen molar-refractivity contribution in [1.29, 1.82) is 0 Å². The van der Waals surface area contributed by atoms with Crippen molar-refractivity contribution in [2.75, 3.05) is 7.11 Å². The van der Waals surface area contributed by atoms with Crippen molar-refractivity contribution >= 4 is 0 Å². The number of nitrogens with one attached hydrogen (secondary N) is 1. The van der Waals surface area contributed by atoms with Crippen LogP contribution in [-0.4, -0.2) is 7.11 Å². The van der Waals surface area contributed by atoms with E-state index in [1.807, 2.05) is 25.1 Å². The van der Waals surface area contributed by atoms with E-state index in [1.54, 1.807) is 7.11 Å². The lowest BCUT2D eigenvalue weighted by molar-refractivity contribution is 0.411. The maximum absolute atomic E-state index is 13.3. The number of nitrogens with two attached hydrogens (primary N) is 1. The van der Waals surface area contributed by atoms with E-state index in [0.717, 1.165) is 29.0 Å². The van der Waals surface area contributed by atoms with Crippen LogP contribution in [0.2, 0.25) is 0 Å². The molecule has 0 saturated heterocycles. The second-order valence-corrected chi connectivity index (χ2v) is 4.50. The summed E-state index contributed by atoms with van der Waals surface area (Å²) in [4.78, 5) is 0. The second kappa shape index (κ2) is 5.98. The minimum absolute atomic E-state index is 0.422. The number of hydrogen-bond donors (Lipinski definition) is 2. The molecule has 2 aromatic carbocycles. The predicted molar refractivity (Wildman–Crippen MR) is 73.3 cm³/mol. The highest BCUT2D eigenvalue weighted by Gasteiger charge is 2.15. The van der Waals surface area contributed by atoms with Gasteiger partial charge in [-0.25, -0.2) is 14.2 Å². The minimum Gasteiger partial charge on any atom is -0.496 e. The smallest absolute Gasteiger partial charge is 0.159 e. The highest BCUT2D eigenvalue weighted by molar-refractivity contribution is 5.40. The lowest BCUT2D eigenvalue weighted by Gasteiger charge is -2.18. The van der Waals surface area contributed by atoms with Crippen molar-refractivity contribution < 1.29 is 13.5 Å². The highest BCUT2D eigenvalue weighted by Crippen LogP contribution is 2.27. The molecule has 2 aromatic rings. The third-order valence-corrected chi connectivity index (χ3v) is 3.20. The first kappa shape index (κ1) is 14.4. The predicted octanol–water partition coefficient (Wildman–Crippen LogP) is 2.83. The monoisotopic (exact) mass is 278 g/mol. The Labute approximate surface area is 116 Å². The maximum atomic E-state index is 13.3. The van der Waals surface area contributed by atoms with Gasteiger partial charge in [-0.2, -0.15) is 0 Å². The molecule has 0 saturated carbocycles. The highest BCUT2D eigenvalue weighted by atomic mass is 19.2. The van der Waals surface area contributed by atoms with E-state index in [1.165, 1.54) is 6.07 Å². The van der Waals surface area contributed by atoms with Crippen LogP contribution in [0, 0.1) is 18.6 Å². The van der Waals surface area contributed by atoms with Crippen LogP contribution in [0.25, 0.3) is 0 Å². The molecule has 5 heteroatoms. The molecule has 0 spiro atoms. The van der Waals surface area contributed by atoms with E-state index >= 15 is 0 Å². The summed E-state index contributed by atoms with van der Waals surface area (Å²) in [5.41, 5.74) is 4.95. The Hall–Kier alpha value is -1.98. The molecular weight excluding hydrogens is 262 g/mol. The van der Waals surface area contributed by atoms with E-state index in [9.17, 15) is 8.78 Å².